The molecule has 0 bridgehead atoms. The molecule has 1 saturated carbocycles. The summed E-state index contributed by atoms with van der Waals surface area (Å²) in [7, 11) is -1.12. The highest BCUT2D eigenvalue weighted by Crippen LogP contribution is 2.38. The molecular weight excluding hydrogens is 448 g/mol. The summed E-state index contributed by atoms with van der Waals surface area (Å²) in [6.07, 6.45) is 10.7. The number of hydrogen-bond donors (Lipinski definition) is 2. The molecule has 0 spiro atoms. The quantitative estimate of drug-likeness (QED) is 0.678. The number of aromatic nitrogens is 4. The van der Waals surface area contributed by atoms with Crippen molar-refractivity contribution in [3.05, 3.63) is 28.9 Å². The average Bonchev–Trinajstić information content (AvgIpc) is 2.98. The van der Waals surface area contributed by atoms with E-state index in [0.717, 1.165) is 80.9 Å². The fourth-order valence-corrected chi connectivity index (χ4v) is 6.29. The highest BCUT2D eigenvalue weighted by molar-refractivity contribution is 7.85. The number of anilines is 2. The Hall–Kier alpha value is -1.84. The molecule has 10 heteroatoms. The smallest absolute Gasteiger partial charge is 0.227 e. The lowest BCUT2D eigenvalue weighted by Gasteiger charge is -2.42. The summed E-state index contributed by atoms with van der Waals surface area (Å²) in [6.45, 7) is 1.67. The Morgan fingerprint density at radius 2 is 1.91 bits per heavy atom. The summed E-state index contributed by atoms with van der Waals surface area (Å²) in [4.78, 5) is 21.5. The van der Waals surface area contributed by atoms with E-state index in [-0.39, 0.29) is 12.1 Å². The lowest BCUT2D eigenvalue weighted by atomic mass is 9.77. The fraction of sp³-hybridized carbons (Fsp3) is 0.636. The Kier molecular flexibility index (Phi) is 6.31. The van der Waals surface area contributed by atoms with E-state index in [1.807, 2.05) is 0 Å². The number of fused-ring (bicyclic) bond motifs is 1. The molecule has 3 aliphatic rings. The van der Waals surface area contributed by atoms with Crippen molar-refractivity contribution < 1.29 is 9.32 Å². The molecule has 172 valence electrons. The molecule has 0 aromatic carbocycles. The normalized spacial score (nSPS) is 23.2. The molecule has 2 aromatic heterocycles. The minimum atomic E-state index is -1.12. The van der Waals surface area contributed by atoms with Gasteiger partial charge in [0.25, 0.3) is 0 Å². The van der Waals surface area contributed by atoms with E-state index in [9.17, 15) is 9.32 Å². The molecule has 0 amide bonds. The topological polar surface area (TPSA) is 104 Å². The maximum Gasteiger partial charge on any atom is 0.227 e. The molecule has 0 radical (unpaired) electrons. The molecule has 4 heterocycles. The van der Waals surface area contributed by atoms with Crippen LogP contribution in [0.2, 0.25) is 5.02 Å². The van der Waals surface area contributed by atoms with Crippen LogP contribution in [0.1, 0.15) is 62.4 Å². The van der Waals surface area contributed by atoms with Crippen molar-refractivity contribution in [2.24, 2.45) is 0 Å². The van der Waals surface area contributed by atoms with Crippen molar-refractivity contribution in [2.75, 3.05) is 35.7 Å². The third-order valence-corrected chi connectivity index (χ3v) is 8.66. The lowest BCUT2D eigenvalue weighted by molar-refractivity contribution is 0.143. The minimum Gasteiger partial charge on any atom is -0.394 e. The third-order valence-electron chi connectivity index (χ3n) is 6.93. The number of nitrogens with zero attached hydrogens (tertiary/aromatic N) is 5. The molecule has 2 aromatic rings. The number of hydrogen-bond acceptors (Lipinski definition) is 8. The van der Waals surface area contributed by atoms with Gasteiger partial charge in [0.05, 0.1) is 33.7 Å². The van der Waals surface area contributed by atoms with Crippen LogP contribution in [0.5, 0.6) is 0 Å². The monoisotopic (exact) mass is 476 g/mol. The number of rotatable bonds is 5. The second-order valence-corrected chi connectivity index (χ2v) is 11.0. The second kappa shape index (κ2) is 9.19. The first-order chi connectivity index (χ1) is 15.6. The maximum absolute atomic E-state index is 13.0. The van der Waals surface area contributed by atoms with E-state index in [1.54, 1.807) is 12.4 Å². The summed E-state index contributed by atoms with van der Waals surface area (Å²) in [6, 6.07) is 0. The molecule has 1 saturated heterocycles. The highest BCUT2D eigenvalue weighted by atomic mass is 35.5. The van der Waals surface area contributed by atoms with Crippen molar-refractivity contribution in [1.29, 1.82) is 0 Å². The van der Waals surface area contributed by atoms with E-state index in [4.69, 9.17) is 21.6 Å². The van der Waals surface area contributed by atoms with Gasteiger partial charge >= 0.3 is 0 Å². The standard InChI is InChI=1S/C22H29ClN6O2S/c23-16-12-24-19(25-13-16)15-5-9-29(10-6-15)21-26-17-4-1-2-11-32(31)18(17)20(27-21)28-22(14-30)7-3-8-22/h12-13,15,30H,1-11,14H2,(H,26,27,28)/t32-/m0/s1. The molecular formula is C22H29ClN6O2S. The molecule has 5 rings (SSSR count). The molecule has 1 atom stereocenters. The summed E-state index contributed by atoms with van der Waals surface area (Å²) in [5, 5.41) is 14.0. The van der Waals surface area contributed by atoms with Gasteiger partial charge in [-0.1, -0.05) is 11.6 Å². The van der Waals surface area contributed by atoms with Crippen LogP contribution in [0.4, 0.5) is 11.8 Å². The summed E-state index contributed by atoms with van der Waals surface area (Å²) < 4.78 is 13.0. The summed E-state index contributed by atoms with van der Waals surface area (Å²) in [5.74, 6) is 3.12. The van der Waals surface area contributed by atoms with E-state index < -0.39 is 10.8 Å². The van der Waals surface area contributed by atoms with Crippen LogP contribution in [0.15, 0.2) is 17.3 Å². The molecule has 8 nitrogen and oxygen atoms in total. The van der Waals surface area contributed by atoms with Crippen LogP contribution in [0.25, 0.3) is 0 Å². The predicted molar refractivity (Wildman–Crippen MR) is 125 cm³/mol. The SMILES string of the molecule is O=[S@]1CCCCc2nc(N3CCC(c4ncc(Cl)cn4)CC3)nc(NC3(CO)CCC3)c21. The van der Waals surface area contributed by atoms with Gasteiger partial charge < -0.3 is 15.3 Å². The van der Waals surface area contributed by atoms with Crippen molar-refractivity contribution >= 4 is 34.2 Å². The Balaban J connectivity index is 1.40. The van der Waals surface area contributed by atoms with Gasteiger partial charge in [-0.3, -0.25) is 4.21 Å². The van der Waals surface area contributed by atoms with Crippen LogP contribution in [-0.4, -0.2) is 60.2 Å². The number of aliphatic hydroxyl groups is 1. The molecule has 2 aliphatic heterocycles. The van der Waals surface area contributed by atoms with Crippen molar-refractivity contribution in [1.82, 2.24) is 19.9 Å². The van der Waals surface area contributed by atoms with Gasteiger partial charge in [0.15, 0.2) is 0 Å². The van der Waals surface area contributed by atoms with E-state index in [1.165, 1.54) is 0 Å². The van der Waals surface area contributed by atoms with Crippen molar-refractivity contribution in [2.45, 2.75) is 67.7 Å². The largest absolute Gasteiger partial charge is 0.394 e. The zero-order valence-electron chi connectivity index (χ0n) is 18.1. The van der Waals surface area contributed by atoms with Gasteiger partial charge in [-0.15, -0.1) is 0 Å². The van der Waals surface area contributed by atoms with Crippen LogP contribution >= 0.6 is 11.6 Å². The van der Waals surface area contributed by atoms with E-state index in [2.05, 4.69) is 20.2 Å². The Morgan fingerprint density at radius 3 is 2.56 bits per heavy atom. The first-order valence-electron chi connectivity index (χ1n) is 11.5. The predicted octanol–water partition coefficient (Wildman–Crippen LogP) is 3.07. The lowest BCUT2D eigenvalue weighted by Crippen LogP contribution is -2.49. The first-order valence-corrected chi connectivity index (χ1v) is 13.2. The summed E-state index contributed by atoms with van der Waals surface area (Å²) >= 11 is 5.93. The highest BCUT2D eigenvalue weighted by Gasteiger charge is 2.38. The van der Waals surface area contributed by atoms with Gasteiger partial charge in [-0.25, -0.2) is 15.0 Å². The summed E-state index contributed by atoms with van der Waals surface area (Å²) in [5.41, 5.74) is 0.540. The zero-order valence-corrected chi connectivity index (χ0v) is 19.7. The van der Waals surface area contributed by atoms with E-state index in [0.29, 0.717) is 28.5 Å². The van der Waals surface area contributed by atoms with Gasteiger partial charge in [0.2, 0.25) is 5.95 Å². The Labute approximate surface area is 195 Å². The minimum absolute atomic E-state index is 0.0558. The van der Waals surface area contributed by atoms with Crippen LogP contribution in [0, 0.1) is 0 Å². The Morgan fingerprint density at radius 1 is 1.16 bits per heavy atom. The molecule has 2 N–H and O–H groups in total. The molecule has 0 unspecified atom stereocenters. The van der Waals surface area contributed by atoms with Crippen LogP contribution in [0.3, 0.4) is 0 Å². The number of nitrogens with one attached hydrogen (secondary N) is 1. The van der Waals surface area contributed by atoms with Gasteiger partial charge in [-0.2, -0.15) is 4.98 Å². The number of piperidine rings is 1. The molecule has 2 fully saturated rings. The van der Waals surface area contributed by atoms with Crippen LogP contribution < -0.4 is 10.2 Å². The fourth-order valence-electron chi connectivity index (χ4n) is 4.79. The van der Waals surface area contributed by atoms with Crippen molar-refractivity contribution in [3.63, 3.8) is 0 Å². The molecule has 32 heavy (non-hydrogen) atoms. The van der Waals surface area contributed by atoms with Gasteiger partial charge in [0.1, 0.15) is 16.5 Å². The number of aryl methyl sites for hydroxylation is 1. The molecule has 1 aliphatic carbocycles. The second-order valence-electron chi connectivity index (χ2n) is 9.09. The van der Waals surface area contributed by atoms with Crippen molar-refractivity contribution in [3.8, 4) is 0 Å². The third kappa shape index (κ3) is 4.34. The van der Waals surface area contributed by atoms with E-state index >= 15 is 0 Å². The van der Waals surface area contributed by atoms with Crippen LogP contribution in [-0.2, 0) is 17.2 Å². The maximum atomic E-state index is 13.0. The van der Waals surface area contributed by atoms with Gasteiger partial charge in [0, 0.05) is 37.2 Å². The van der Waals surface area contributed by atoms with Gasteiger partial charge in [-0.05, 0) is 51.4 Å². The zero-order chi connectivity index (χ0) is 22.1. The average molecular weight is 477 g/mol. The number of aliphatic hydroxyl groups excluding tert-OH is 1. The number of halogens is 1. The first kappa shape index (κ1) is 22.0. The Bertz CT molecular complexity index is 987.